The van der Waals surface area contributed by atoms with Crippen LogP contribution in [0.25, 0.3) is 11.5 Å². The molecule has 2 N–H and O–H groups in total. The molecule has 1 aromatic heterocycles. The van der Waals surface area contributed by atoms with Gasteiger partial charge in [-0.25, -0.2) is 4.39 Å². The van der Waals surface area contributed by atoms with Crippen LogP contribution in [0.1, 0.15) is 18.8 Å². The van der Waals surface area contributed by atoms with E-state index in [1.165, 1.54) is 19.2 Å². The summed E-state index contributed by atoms with van der Waals surface area (Å²) in [6.07, 6.45) is 0. The Balaban J connectivity index is 2.18. The molecule has 6 nitrogen and oxygen atoms in total. The number of aromatic nitrogens is 2. The Morgan fingerprint density at radius 2 is 2.25 bits per heavy atom. The number of hydrogen-bond acceptors (Lipinski definition) is 6. The van der Waals surface area contributed by atoms with Crippen LogP contribution in [-0.4, -0.2) is 30.5 Å². The second kappa shape index (κ2) is 6.44. The summed E-state index contributed by atoms with van der Waals surface area (Å²) in [4.78, 5) is 4.14. The fourth-order valence-corrected chi connectivity index (χ4v) is 1.62. The molecule has 0 bridgehead atoms. The first-order valence-corrected chi connectivity index (χ1v) is 6.16. The van der Waals surface area contributed by atoms with E-state index in [1.54, 1.807) is 6.07 Å². The molecule has 0 radical (unpaired) electrons. The number of methoxy groups -OCH3 is 1. The van der Waals surface area contributed by atoms with Crippen molar-refractivity contribution in [1.29, 1.82) is 0 Å². The van der Waals surface area contributed by atoms with Crippen molar-refractivity contribution < 1.29 is 18.4 Å². The minimum Gasteiger partial charge on any atom is -0.494 e. The van der Waals surface area contributed by atoms with Gasteiger partial charge in [-0.05, 0) is 25.1 Å². The number of rotatable bonds is 6. The minimum absolute atomic E-state index is 0.154. The standard InChI is InChI=1S/C13H16FN3O3/c1-3-19-7-10(15)12-16-13(20-17-12)8-4-5-11(18-2)9(14)6-8/h4-6,10H,3,7,15H2,1-2H3. The Labute approximate surface area is 115 Å². The van der Waals surface area contributed by atoms with Crippen LogP contribution >= 0.6 is 0 Å². The fourth-order valence-electron chi connectivity index (χ4n) is 1.62. The molecule has 2 aromatic rings. The van der Waals surface area contributed by atoms with Gasteiger partial charge in [0.15, 0.2) is 17.4 Å². The van der Waals surface area contributed by atoms with Crippen molar-refractivity contribution in [3.63, 3.8) is 0 Å². The molecule has 1 atom stereocenters. The maximum atomic E-state index is 13.6. The van der Waals surface area contributed by atoms with Gasteiger partial charge in [-0.15, -0.1) is 0 Å². The molecule has 0 fully saturated rings. The van der Waals surface area contributed by atoms with E-state index in [1.807, 2.05) is 6.92 Å². The number of nitrogens with two attached hydrogens (primary N) is 1. The maximum Gasteiger partial charge on any atom is 0.258 e. The third-order valence-corrected chi connectivity index (χ3v) is 2.67. The molecule has 1 unspecified atom stereocenters. The number of ether oxygens (including phenoxy) is 2. The lowest BCUT2D eigenvalue weighted by molar-refractivity contribution is 0.130. The van der Waals surface area contributed by atoms with Gasteiger partial charge in [0.2, 0.25) is 0 Å². The Bertz CT molecular complexity index is 574. The highest BCUT2D eigenvalue weighted by molar-refractivity contribution is 5.54. The van der Waals surface area contributed by atoms with Gasteiger partial charge in [-0.2, -0.15) is 4.98 Å². The average Bonchev–Trinajstić information content (AvgIpc) is 2.94. The van der Waals surface area contributed by atoms with Crippen LogP contribution in [0, 0.1) is 5.82 Å². The molecule has 2 rings (SSSR count). The van der Waals surface area contributed by atoms with Crippen LogP contribution in [0.4, 0.5) is 4.39 Å². The quantitative estimate of drug-likeness (QED) is 0.871. The van der Waals surface area contributed by atoms with Crippen molar-refractivity contribution in [3.05, 3.63) is 29.8 Å². The van der Waals surface area contributed by atoms with Crippen molar-refractivity contribution >= 4 is 0 Å². The van der Waals surface area contributed by atoms with E-state index in [-0.39, 0.29) is 11.6 Å². The molecular weight excluding hydrogens is 265 g/mol. The SMILES string of the molecule is CCOCC(N)c1noc(-c2ccc(OC)c(F)c2)n1. The lowest BCUT2D eigenvalue weighted by Crippen LogP contribution is -2.18. The normalized spacial score (nSPS) is 12.4. The summed E-state index contributed by atoms with van der Waals surface area (Å²) >= 11 is 0. The van der Waals surface area contributed by atoms with Crippen LogP contribution in [0.2, 0.25) is 0 Å². The lowest BCUT2D eigenvalue weighted by atomic mass is 10.2. The zero-order chi connectivity index (χ0) is 14.5. The van der Waals surface area contributed by atoms with Gasteiger partial charge in [0.25, 0.3) is 5.89 Å². The molecule has 0 saturated carbocycles. The second-order valence-corrected chi connectivity index (χ2v) is 4.07. The highest BCUT2D eigenvalue weighted by atomic mass is 19.1. The summed E-state index contributed by atoms with van der Waals surface area (Å²) < 4.78 is 28.7. The Morgan fingerprint density at radius 1 is 1.45 bits per heavy atom. The highest BCUT2D eigenvalue weighted by Crippen LogP contribution is 2.24. The zero-order valence-corrected chi connectivity index (χ0v) is 11.3. The van der Waals surface area contributed by atoms with Gasteiger partial charge in [0.05, 0.1) is 19.8 Å². The van der Waals surface area contributed by atoms with E-state index >= 15 is 0 Å². The minimum atomic E-state index is -0.497. The lowest BCUT2D eigenvalue weighted by Gasteiger charge is -2.05. The van der Waals surface area contributed by atoms with Gasteiger partial charge in [0, 0.05) is 12.2 Å². The molecule has 0 saturated heterocycles. The van der Waals surface area contributed by atoms with E-state index < -0.39 is 11.9 Å². The second-order valence-electron chi connectivity index (χ2n) is 4.07. The van der Waals surface area contributed by atoms with Gasteiger partial charge in [-0.3, -0.25) is 0 Å². The highest BCUT2D eigenvalue weighted by Gasteiger charge is 2.16. The van der Waals surface area contributed by atoms with Gasteiger partial charge in [0.1, 0.15) is 0 Å². The predicted molar refractivity (Wildman–Crippen MR) is 69.7 cm³/mol. The molecule has 108 valence electrons. The first-order valence-electron chi connectivity index (χ1n) is 6.16. The largest absolute Gasteiger partial charge is 0.494 e. The van der Waals surface area contributed by atoms with Crippen molar-refractivity contribution in [2.24, 2.45) is 5.73 Å². The van der Waals surface area contributed by atoms with E-state index in [0.29, 0.717) is 24.6 Å². The zero-order valence-electron chi connectivity index (χ0n) is 11.3. The molecule has 0 spiro atoms. The summed E-state index contributed by atoms with van der Waals surface area (Å²) in [5.74, 6) is 0.183. The molecule has 0 aliphatic carbocycles. The van der Waals surface area contributed by atoms with Crippen LogP contribution in [-0.2, 0) is 4.74 Å². The maximum absolute atomic E-state index is 13.6. The average molecular weight is 281 g/mol. The van der Waals surface area contributed by atoms with E-state index in [4.69, 9.17) is 19.7 Å². The molecule has 1 heterocycles. The van der Waals surface area contributed by atoms with Gasteiger partial charge in [-0.1, -0.05) is 5.16 Å². The van der Waals surface area contributed by atoms with E-state index in [0.717, 1.165) is 0 Å². The van der Waals surface area contributed by atoms with Crippen LogP contribution in [0.3, 0.4) is 0 Å². The number of halogens is 1. The van der Waals surface area contributed by atoms with E-state index in [9.17, 15) is 4.39 Å². The van der Waals surface area contributed by atoms with Crippen molar-refractivity contribution in [3.8, 4) is 17.2 Å². The molecule has 20 heavy (non-hydrogen) atoms. The summed E-state index contributed by atoms with van der Waals surface area (Å²) in [7, 11) is 1.40. The number of hydrogen-bond donors (Lipinski definition) is 1. The summed E-state index contributed by atoms with van der Waals surface area (Å²) in [6, 6.07) is 3.92. The summed E-state index contributed by atoms with van der Waals surface area (Å²) in [6.45, 7) is 2.73. The van der Waals surface area contributed by atoms with Gasteiger partial charge >= 0.3 is 0 Å². The fraction of sp³-hybridized carbons (Fsp3) is 0.385. The summed E-state index contributed by atoms with van der Waals surface area (Å²) in [5.41, 5.74) is 6.31. The molecule has 7 heteroatoms. The molecule has 0 amide bonds. The number of nitrogens with zero attached hydrogens (tertiary/aromatic N) is 2. The molecule has 0 aliphatic heterocycles. The van der Waals surface area contributed by atoms with Crippen LogP contribution < -0.4 is 10.5 Å². The molecular formula is C13H16FN3O3. The number of benzene rings is 1. The monoisotopic (exact) mass is 281 g/mol. The predicted octanol–water partition coefficient (Wildman–Crippen LogP) is 1.92. The third-order valence-electron chi connectivity index (χ3n) is 2.67. The van der Waals surface area contributed by atoms with Crippen LogP contribution in [0.5, 0.6) is 5.75 Å². The third kappa shape index (κ3) is 3.12. The smallest absolute Gasteiger partial charge is 0.258 e. The van der Waals surface area contributed by atoms with Crippen LogP contribution in [0.15, 0.2) is 22.7 Å². The van der Waals surface area contributed by atoms with Crippen molar-refractivity contribution in [2.45, 2.75) is 13.0 Å². The first kappa shape index (κ1) is 14.4. The Kier molecular flexibility index (Phi) is 4.65. The van der Waals surface area contributed by atoms with Crippen molar-refractivity contribution in [2.75, 3.05) is 20.3 Å². The Hall–Kier alpha value is -1.99. The summed E-state index contributed by atoms with van der Waals surface area (Å²) in [5, 5.41) is 3.77. The molecule has 1 aromatic carbocycles. The van der Waals surface area contributed by atoms with E-state index in [2.05, 4.69) is 10.1 Å². The molecule has 0 aliphatic rings. The van der Waals surface area contributed by atoms with Crippen molar-refractivity contribution in [1.82, 2.24) is 10.1 Å². The Morgan fingerprint density at radius 3 is 2.90 bits per heavy atom. The first-order chi connectivity index (χ1) is 9.65. The van der Waals surface area contributed by atoms with Gasteiger partial charge < -0.3 is 19.7 Å². The topological polar surface area (TPSA) is 83.4 Å².